The van der Waals surface area contributed by atoms with Crippen LogP contribution in [0.3, 0.4) is 0 Å². The summed E-state index contributed by atoms with van der Waals surface area (Å²) in [4.78, 5) is 25.6. The van der Waals surface area contributed by atoms with Crippen molar-refractivity contribution in [2.45, 2.75) is 0 Å². The van der Waals surface area contributed by atoms with Crippen molar-refractivity contribution < 1.29 is 18.7 Å². The molecule has 7 heteroatoms. The number of halogens is 1. The van der Waals surface area contributed by atoms with Crippen LogP contribution in [0.15, 0.2) is 24.3 Å². The Hall–Kier alpha value is -1.99. The average molecular weight is 309 g/mol. The second kappa shape index (κ2) is 8.45. The first-order valence-corrected chi connectivity index (χ1v) is 7.26. The Morgan fingerprint density at radius 3 is 2.73 bits per heavy atom. The Balaban J connectivity index is 1.63. The van der Waals surface area contributed by atoms with E-state index in [2.05, 4.69) is 15.5 Å². The molecule has 120 valence electrons. The van der Waals surface area contributed by atoms with Crippen LogP contribution >= 0.6 is 0 Å². The Morgan fingerprint density at radius 1 is 1.23 bits per heavy atom. The van der Waals surface area contributed by atoms with Crippen LogP contribution in [0.2, 0.25) is 0 Å². The topological polar surface area (TPSA) is 70.7 Å². The van der Waals surface area contributed by atoms with E-state index in [4.69, 9.17) is 4.74 Å². The molecule has 1 heterocycles. The zero-order chi connectivity index (χ0) is 15.8. The van der Waals surface area contributed by atoms with Crippen molar-refractivity contribution in [1.29, 1.82) is 0 Å². The Bertz CT molecular complexity index is 519. The van der Waals surface area contributed by atoms with E-state index in [9.17, 15) is 14.0 Å². The Labute approximate surface area is 128 Å². The van der Waals surface area contributed by atoms with E-state index >= 15 is 0 Å². The molecule has 1 fully saturated rings. The first-order chi connectivity index (χ1) is 10.6. The van der Waals surface area contributed by atoms with Gasteiger partial charge in [0, 0.05) is 31.7 Å². The number of morpholine rings is 1. The molecule has 22 heavy (non-hydrogen) atoms. The Kier molecular flexibility index (Phi) is 6.29. The molecule has 0 spiro atoms. The number of carbonyl (C=O) groups excluding carboxylic acids is 2. The molecule has 2 rings (SSSR count). The smallest absolute Gasteiger partial charge is 0.251 e. The molecule has 0 bridgehead atoms. The predicted molar refractivity (Wildman–Crippen MR) is 79.0 cm³/mol. The maximum atomic E-state index is 13.0. The van der Waals surface area contributed by atoms with Crippen LogP contribution in [-0.2, 0) is 9.53 Å². The number of rotatable bonds is 6. The summed E-state index contributed by atoms with van der Waals surface area (Å²) in [6, 6.07) is 5.34. The molecule has 0 saturated carbocycles. The number of amides is 2. The standard InChI is InChI=1S/C15H20FN3O3/c16-13-3-1-2-12(10-13)15(21)18-11-14(20)17-4-5-19-6-8-22-9-7-19/h1-3,10H,4-9,11H2,(H,17,20)(H,18,21). The fourth-order valence-electron chi connectivity index (χ4n) is 2.13. The number of benzene rings is 1. The summed E-state index contributed by atoms with van der Waals surface area (Å²) in [6.07, 6.45) is 0. The van der Waals surface area contributed by atoms with E-state index in [-0.39, 0.29) is 18.0 Å². The van der Waals surface area contributed by atoms with Gasteiger partial charge in [0.05, 0.1) is 19.8 Å². The van der Waals surface area contributed by atoms with Crippen molar-refractivity contribution in [1.82, 2.24) is 15.5 Å². The van der Waals surface area contributed by atoms with Crippen LogP contribution in [0.1, 0.15) is 10.4 Å². The van der Waals surface area contributed by atoms with Crippen molar-refractivity contribution >= 4 is 11.8 Å². The highest BCUT2D eigenvalue weighted by atomic mass is 19.1. The van der Waals surface area contributed by atoms with Gasteiger partial charge in [-0.3, -0.25) is 14.5 Å². The summed E-state index contributed by atoms with van der Waals surface area (Å²) < 4.78 is 18.2. The van der Waals surface area contributed by atoms with Gasteiger partial charge in [0.25, 0.3) is 5.91 Å². The number of hydrogen-bond donors (Lipinski definition) is 2. The molecule has 2 amide bonds. The fraction of sp³-hybridized carbons (Fsp3) is 0.467. The lowest BCUT2D eigenvalue weighted by molar-refractivity contribution is -0.120. The largest absolute Gasteiger partial charge is 0.379 e. The zero-order valence-electron chi connectivity index (χ0n) is 12.3. The minimum atomic E-state index is -0.484. The maximum Gasteiger partial charge on any atom is 0.251 e. The second-order valence-corrected chi connectivity index (χ2v) is 5.00. The molecule has 2 N–H and O–H groups in total. The monoisotopic (exact) mass is 309 g/mol. The molecule has 0 aromatic heterocycles. The van der Waals surface area contributed by atoms with Crippen molar-refractivity contribution in [3.05, 3.63) is 35.6 Å². The van der Waals surface area contributed by atoms with E-state index < -0.39 is 11.7 Å². The van der Waals surface area contributed by atoms with Gasteiger partial charge in [-0.2, -0.15) is 0 Å². The van der Waals surface area contributed by atoms with E-state index in [1.165, 1.54) is 18.2 Å². The summed E-state index contributed by atoms with van der Waals surface area (Å²) in [5.74, 6) is -1.22. The molecular formula is C15H20FN3O3. The molecule has 6 nitrogen and oxygen atoms in total. The molecule has 1 saturated heterocycles. The van der Waals surface area contributed by atoms with Crippen LogP contribution < -0.4 is 10.6 Å². The molecular weight excluding hydrogens is 289 g/mol. The molecule has 1 aliphatic heterocycles. The van der Waals surface area contributed by atoms with Crippen molar-refractivity contribution in [3.63, 3.8) is 0 Å². The number of carbonyl (C=O) groups is 2. The van der Waals surface area contributed by atoms with Gasteiger partial charge in [-0.15, -0.1) is 0 Å². The van der Waals surface area contributed by atoms with Crippen LogP contribution in [0, 0.1) is 5.82 Å². The summed E-state index contributed by atoms with van der Waals surface area (Å²) >= 11 is 0. The minimum Gasteiger partial charge on any atom is -0.379 e. The van der Waals surface area contributed by atoms with Crippen LogP contribution in [0.4, 0.5) is 4.39 Å². The maximum absolute atomic E-state index is 13.0. The normalized spacial score (nSPS) is 15.3. The summed E-state index contributed by atoms with van der Waals surface area (Å²) in [5, 5.41) is 5.20. The lowest BCUT2D eigenvalue weighted by Crippen LogP contribution is -2.43. The zero-order valence-corrected chi connectivity index (χ0v) is 12.3. The third-order valence-corrected chi connectivity index (χ3v) is 3.35. The van der Waals surface area contributed by atoms with Gasteiger partial charge in [-0.05, 0) is 18.2 Å². The van der Waals surface area contributed by atoms with Gasteiger partial charge in [0.2, 0.25) is 5.91 Å². The summed E-state index contributed by atoms with van der Waals surface area (Å²) in [5.41, 5.74) is 0.195. The molecule has 0 unspecified atom stereocenters. The van der Waals surface area contributed by atoms with E-state index in [1.807, 2.05) is 0 Å². The second-order valence-electron chi connectivity index (χ2n) is 5.00. The molecule has 1 aromatic carbocycles. The lowest BCUT2D eigenvalue weighted by Gasteiger charge is -2.26. The number of nitrogens with one attached hydrogen (secondary N) is 2. The van der Waals surface area contributed by atoms with Crippen LogP contribution in [0.5, 0.6) is 0 Å². The highest BCUT2D eigenvalue weighted by Gasteiger charge is 2.11. The van der Waals surface area contributed by atoms with E-state index in [0.29, 0.717) is 6.54 Å². The first kappa shape index (κ1) is 16.4. The molecule has 1 aromatic rings. The molecule has 1 aliphatic rings. The molecule has 0 radical (unpaired) electrons. The third kappa shape index (κ3) is 5.42. The van der Waals surface area contributed by atoms with Crippen molar-refractivity contribution in [2.75, 3.05) is 45.9 Å². The molecule has 0 atom stereocenters. The lowest BCUT2D eigenvalue weighted by atomic mass is 10.2. The minimum absolute atomic E-state index is 0.127. The van der Waals surface area contributed by atoms with Gasteiger partial charge in [-0.25, -0.2) is 4.39 Å². The van der Waals surface area contributed by atoms with Gasteiger partial charge < -0.3 is 15.4 Å². The Morgan fingerprint density at radius 2 is 2.00 bits per heavy atom. The van der Waals surface area contributed by atoms with E-state index in [0.717, 1.165) is 38.9 Å². The highest BCUT2D eigenvalue weighted by Crippen LogP contribution is 2.02. The van der Waals surface area contributed by atoms with Crippen molar-refractivity contribution in [2.24, 2.45) is 0 Å². The van der Waals surface area contributed by atoms with Gasteiger partial charge >= 0.3 is 0 Å². The van der Waals surface area contributed by atoms with Crippen LogP contribution in [-0.4, -0.2) is 62.7 Å². The number of ether oxygens (including phenoxy) is 1. The quantitative estimate of drug-likeness (QED) is 0.776. The first-order valence-electron chi connectivity index (χ1n) is 7.26. The number of hydrogen-bond acceptors (Lipinski definition) is 4. The number of nitrogens with zero attached hydrogens (tertiary/aromatic N) is 1. The average Bonchev–Trinajstić information content (AvgIpc) is 2.53. The highest BCUT2D eigenvalue weighted by molar-refractivity contribution is 5.96. The SMILES string of the molecule is O=C(CNC(=O)c1cccc(F)c1)NCCN1CCOCC1. The van der Waals surface area contributed by atoms with Gasteiger partial charge in [0.1, 0.15) is 5.82 Å². The predicted octanol–water partition coefficient (Wildman–Crippen LogP) is 0.00390. The van der Waals surface area contributed by atoms with Gasteiger partial charge in [-0.1, -0.05) is 6.07 Å². The summed E-state index contributed by atoms with van der Waals surface area (Å²) in [6.45, 7) is 4.33. The molecule has 0 aliphatic carbocycles. The van der Waals surface area contributed by atoms with E-state index in [1.54, 1.807) is 0 Å². The third-order valence-electron chi connectivity index (χ3n) is 3.35. The van der Waals surface area contributed by atoms with Gasteiger partial charge in [0.15, 0.2) is 0 Å². The van der Waals surface area contributed by atoms with Crippen molar-refractivity contribution in [3.8, 4) is 0 Å². The van der Waals surface area contributed by atoms with Crippen LogP contribution in [0.25, 0.3) is 0 Å². The summed E-state index contributed by atoms with van der Waals surface area (Å²) in [7, 11) is 0. The fourth-order valence-corrected chi connectivity index (χ4v) is 2.13.